The van der Waals surface area contributed by atoms with E-state index in [1.807, 2.05) is 0 Å². The molecule has 0 aliphatic heterocycles. The van der Waals surface area contributed by atoms with Crippen molar-refractivity contribution in [2.45, 2.75) is 19.9 Å². The van der Waals surface area contributed by atoms with Crippen molar-refractivity contribution < 1.29 is 0 Å². The van der Waals surface area contributed by atoms with Gasteiger partial charge in [0.25, 0.3) is 5.56 Å². The molecule has 0 radical (unpaired) electrons. The highest BCUT2D eigenvalue weighted by molar-refractivity contribution is 4.98. The van der Waals surface area contributed by atoms with Gasteiger partial charge in [-0.25, -0.2) is 5.10 Å². The Hall–Kier alpha value is -1.16. The van der Waals surface area contributed by atoms with E-state index in [9.17, 15) is 4.79 Å². The van der Waals surface area contributed by atoms with E-state index >= 15 is 0 Å². The number of H-pyrrole nitrogens is 1. The number of aromatic amines is 1. The molecule has 0 atom stereocenters. The fraction of sp³-hybridized carbons (Fsp3) is 0.500. The second kappa shape index (κ2) is 4.66. The maximum Gasteiger partial charge on any atom is 0.264 e. The first-order valence-electron chi connectivity index (χ1n) is 4.08. The quantitative estimate of drug-likeness (QED) is 0.633. The summed E-state index contributed by atoms with van der Waals surface area (Å²) < 4.78 is 0. The van der Waals surface area contributed by atoms with Crippen LogP contribution in [0.5, 0.6) is 0 Å². The van der Waals surface area contributed by atoms with Gasteiger partial charge in [-0.2, -0.15) is 5.10 Å². The topological polar surface area (TPSA) is 57.8 Å². The van der Waals surface area contributed by atoms with Crippen LogP contribution in [0, 0.1) is 0 Å². The van der Waals surface area contributed by atoms with Crippen LogP contribution < -0.4 is 10.9 Å². The minimum Gasteiger partial charge on any atom is -0.311 e. The highest BCUT2D eigenvalue weighted by atomic mass is 16.1. The van der Waals surface area contributed by atoms with Crippen LogP contribution >= 0.6 is 0 Å². The molecule has 0 saturated carbocycles. The summed E-state index contributed by atoms with van der Waals surface area (Å²) in [6.45, 7) is 3.79. The van der Waals surface area contributed by atoms with Gasteiger partial charge in [0.2, 0.25) is 0 Å². The standard InChI is InChI=1S/C8H13N3O/c1-2-5-9-6-7-3-4-8(12)11-10-7/h3-4,9H,2,5-6H2,1H3,(H,11,12). The SMILES string of the molecule is CCCNCc1ccc(=O)[nH]n1. The molecule has 0 fully saturated rings. The Bertz CT molecular complexity index is 261. The molecule has 0 saturated heterocycles. The summed E-state index contributed by atoms with van der Waals surface area (Å²) in [5, 5.41) is 9.42. The van der Waals surface area contributed by atoms with Gasteiger partial charge >= 0.3 is 0 Å². The molecule has 4 heteroatoms. The van der Waals surface area contributed by atoms with E-state index < -0.39 is 0 Å². The number of nitrogens with zero attached hydrogens (tertiary/aromatic N) is 1. The monoisotopic (exact) mass is 167 g/mol. The second-order valence-electron chi connectivity index (χ2n) is 2.59. The lowest BCUT2D eigenvalue weighted by atomic mass is 10.4. The summed E-state index contributed by atoms with van der Waals surface area (Å²) in [7, 11) is 0. The molecule has 0 spiro atoms. The third kappa shape index (κ3) is 2.84. The number of rotatable bonds is 4. The Morgan fingerprint density at radius 1 is 1.58 bits per heavy atom. The molecule has 1 rings (SSSR count). The molecule has 2 N–H and O–H groups in total. The van der Waals surface area contributed by atoms with E-state index in [-0.39, 0.29) is 5.56 Å². The van der Waals surface area contributed by atoms with Gasteiger partial charge < -0.3 is 5.32 Å². The minimum absolute atomic E-state index is 0.158. The summed E-state index contributed by atoms with van der Waals surface area (Å²) in [5.41, 5.74) is 0.706. The number of hydrogen-bond acceptors (Lipinski definition) is 3. The fourth-order valence-corrected chi connectivity index (χ4v) is 0.865. The maximum absolute atomic E-state index is 10.6. The van der Waals surface area contributed by atoms with Crippen LogP contribution in [-0.4, -0.2) is 16.7 Å². The third-order valence-electron chi connectivity index (χ3n) is 1.47. The van der Waals surface area contributed by atoms with E-state index in [0.29, 0.717) is 6.54 Å². The second-order valence-corrected chi connectivity index (χ2v) is 2.59. The number of hydrogen-bond donors (Lipinski definition) is 2. The van der Waals surface area contributed by atoms with Gasteiger partial charge in [-0.1, -0.05) is 6.92 Å². The fourth-order valence-electron chi connectivity index (χ4n) is 0.865. The molecule has 0 amide bonds. The van der Waals surface area contributed by atoms with Crippen LogP contribution in [0.25, 0.3) is 0 Å². The molecule has 0 aliphatic carbocycles. The highest BCUT2D eigenvalue weighted by Crippen LogP contribution is 1.86. The van der Waals surface area contributed by atoms with Crippen molar-refractivity contribution in [3.8, 4) is 0 Å². The van der Waals surface area contributed by atoms with Crippen LogP contribution in [0.3, 0.4) is 0 Å². The summed E-state index contributed by atoms with van der Waals surface area (Å²) in [4.78, 5) is 10.6. The predicted molar refractivity (Wildman–Crippen MR) is 46.9 cm³/mol. The number of aromatic nitrogens is 2. The Labute approximate surface area is 71.0 Å². The Kier molecular flexibility index (Phi) is 3.47. The van der Waals surface area contributed by atoms with Crippen molar-refractivity contribution in [2.75, 3.05) is 6.54 Å². The zero-order valence-electron chi connectivity index (χ0n) is 7.13. The molecule has 0 bridgehead atoms. The van der Waals surface area contributed by atoms with Gasteiger partial charge in [0.05, 0.1) is 5.69 Å². The van der Waals surface area contributed by atoms with E-state index in [4.69, 9.17) is 0 Å². The molecule has 1 heterocycles. The van der Waals surface area contributed by atoms with Crippen molar-refractivity contribution in [1.82, 2.24) is 15.5 Å². The van der Waals surface area contributed by atoms with Crippen LogP contribution in [-0.2, 0) is 6.54 Å². The van der Waals surface area contributed by atoms with Crippen LogP contribution in [0.2, 0.25) is 0 Å². The summed E-state index contributed by atoms with van der Waals surface area (Å²) in [6, 6.07) is 3.21. The van der Waals surface area contributed by atoms with Crippen molar-refractivity contribution in [2.24, 2.45) is 0 Å². The molecule has 0 aliphatic rings. The van der Waals surface area contributed by atoms with Gasteiger partial charge in [-0.15, -0.1) is 0 Å². The van der Waals surface area contributed by atoms with Crippen LogP contribution in [0.1, 0.15) is 19.0 Å². The van der Waals surface area contributed by atoms with Crippen molar-refractivity contribution in [1.29, 1.82) is 0 Å². The summed E-state index contributed by atoms with van der Waals surface area (Å²) in [6.07, 6.45) is 1.10. The normalized spacial score (nSPS) is 10.1. The van der Waals surface area contributed by atoms with Gasteiger partial charge in [-0.05, 0) is 19.0 Å². The first-order chi connectivity index (χ1) is 5.83. The Morgan fingerprint density at radius 2 is 2.42 bits per heavy atom. The zero-order chi connectivity index (χ0) is 8.81. The summed E-state index contributed by atoms with van der Waals surface area (Å²) >= 11 is 0. The van der Waals surface area contributed by atoms with Crippen LogP contribution in [0.4, 0.5) is 0 Å². The average Bonchev–Trinajstić information content (AvgIpc) is 2.09. The molecule has 4 nitrogen and oxygen atoms in total. The van der Waals surface area contributed by atoms with Gasteiger partial charge in [0, 0.05) is 12.6 Å². The van der Waals surface area contributed by atoms with E-state index in [2.05, 4.69) is 22.4 Å². The molecule has 66 valence electrons. The van der Waals surface area contributed by atoms with E-state index in [1.54, 1.807) is 6.07 Å². The van der Waals surface area contributed by atoms with E-state index in [0.717, 1.165) is 18.7 Å². The molecule has 1 aromatic rings. The van der Waals surface area contributed by atoms with Crippen molar-refractivity contribution in [3.63, 3.8) is 0 Å². The van der Waals surface area contributed by atoms with E-state index in [1.165, 1.54) is 6.07 Å². The minimum atomic E-state index is -0.158. The van der Waals surface area contributed by atoms with Crippen molar-refractivity contribution >= 4 is 0 Å². The first kappa shape index (κ1) is 8.93. The smallest absolute Gasteiger partial charge is 0.264 e. The molecular weight excluding hydrogens is 154 g/mol. The molecule has 0 aromatic carbocycles. The third-order valence-corrected chi connectivity index (χ3v) is 1.47. The zero-order valence-corrected chi connectivity index (χ0v) is 7.13. The molecule has 0 unspecified atom stereocenters. The first-order valence-corrected chi connectivity index (χ1v) is 4.08. The lowest BCUT2D eigenvalue weighted by Crippen LogP contribution is -2.17. The van der Waals surface area contributed by atoms with Gasteiger partial charge in [-0.3, -0.25) is 4.79 Å². The van der Waals surface area contributed by atoms with Gasteiger partial charge in [0.15, 0.2) is 0 Å². The largest absolute Gasteiger partial charge is 0.311 e. The Morgan fingerprint density at radius 3 is 3.00 bits per heavy atom. The molecule has 12 heavy (non-hydrogen) atoms. The lowest BCUT2D eigenvalue weighted by Gasteiger charge is -1.99. The number of nitrogens with one attached hydrogen (secondary N) is 2. The molecular formula is C8H13N3O. The molecule has 1 aromatic heterocycles. The Balaban J connectivity index is 2.42. The van der Waals surface area contributed by atoms with Gasteiger partial charge in [0.1, 0.15) is 0 Å². The predicted octanol–water partition coefficient (Wildman–Crippen LogP) is 0.269. The van der Waals surface area contributed by atoms with Crippen molar-refractivity contribution in [3.05, 3.63) is 28.2 Å². The lowest BCUT2D eigenvalue weighted by molar-refractivity contribution is 0.655. The van der Waals surface area contributed by atoms with Crippen LogP contribution in [0.15, 0.2) is 16.9 Å². The average molecular weight is 167 g/mol. The highest BCUT2D eigenvalue weighted by Gasteiger charge is 1.91. The summed E-state index contributed by atoms with van der Waals surface area (Å²) in [5.74, 6) is 0. The maximum atomic E-state index is 10.6.